The molecule has 3 aromatic rings. The average molecular weight is 384 g/mol. The highest BCUT2D eigenvalue weighted by Crippen LogP contribution is 2.32. The lowest BCUT2D eigenvalue weighted by Crippen LogP contribution is -2.12. The van der Waals surface area contributed by atoms with Crippen molar-refractivity contribution in [2.45, 2.75) is 4.21 Å². The van der Waals surface area contributed by atoms with Crippen molar-refractivity contribution < 1.29 is 8.42 Å². The van der Waals surface area contributed by atoms with E-state index < -0.39 is 10.0 Å². The maximum atomic E-state index is 12.4. The molecule has 0 aliphatic rings. The Labute approximate surface area is 134 Å². The average Bonchev–Trinajstić information content (AvgIpc) is 2.89. The zero-order chi connectivity index (χ0) is 15.0. The number of nitrogen functional groups attached to an aromatic ring is 1. The van der Waals surface area contributed by atoms with Gasteiger partial charge >= 0.3 is 0 Å². The fourth-order valence-electron chi connectivity index (χ4n) is 1.95. The van der Waals surface area contributed by atoms with E-state index in [1.165, 1.54) is 0 Å². The van der Waals surface area contributed by atoms with Crippen molar-refractivity contribution in [2.24, 2.45) is 0 Å². The summed E-state index contributed by atoms with van der Waals surface area (Å²) in [7, 11) is -3.65. The van der Waals surface area contributed by atoms with Gasteiger partial charge in [-0.3, -0.25) is 9.71 Å². The van der Waals surface area contributed by atoms with Crippen LogP contribution in [0.2, 0.25) is 0 Å². The predicted molar refractivity (Wildman–Crippen MR) is 89.0 cm³/mol. The largest absolute Gasteiger partial charge is 0.397 e. The number of hydrogen-bond acceptors (Lipinski definition) is 5. The minimum absolute atomic E-state index is 0.233. The minimum Gasteiger partial charge on any atom is -0.397 e. The van der Waals surface area contributed by atoms with Crippen LogP contribution in [0.1, 0.15) is 0 Å². The quantitative estimate of drug-likeness (QED) is 0.678. The van der Waals surface area contributed by atoms with Gasteiger partial charge in [-0.1, -0.05) is 0 Å². The molecule has 0 fully saturated rings. The molecule has 108 valence electrons. The molecule has 0 amide bonds. The van der Waals surface area contributed by atoms with Gasteiger partial charge in [-0.2, -0.15) is 0 Å². The number of nitrogens with zero attached hydrogens (tertiary/aromatic N) is 1. The van der Waals surface area contributed by atoms with E-state index in [2.05, 4.69) is 25.6 Å². The fourth-order valence-corrected chi connectivity index (χ4v) is 5.36. The summed E-state index contributed by atoms with van der Waals surface area (Å²) in [6.45, 7) is 0. The predicted octanol–water partition coefficient (Wildman–Crippen LogP) is 3.44. The van der Waals surface area contributed by atoms with Crippen LogP contribution in [0.25, 0.3) is 10.9 Å². The van der Waals surface area contributed by atoms with Crippen LogP contribution >= 0.6 is 27.3 Å². The zero-order valence-electron chi connectivity index (χ0n) is 10.6. The second kappa shape index (κ2) is 5.28. The maximum Gasteiger partial charge on any atom is 0.272 e. The summed E-state index contributed by atoms with van der Waals surface area (Å²) in [5, 5.41) is 2.37. The van der Waals surface area contributed by atoms with E-state index in [0.29, 0.717) is 26.8 Å². The number of halogens is 1. The minimum atomic E-state index is -3.65. The highest BCUT2D eigenvalue weighted by Gasteiger charge is 2.20. The summed E-state index contributed by atoms with van der Waals surface area (Å²) >= 11 is 4.38. The number of aromatic nitrogens is 1. The van der Waals surface area contributed by atoms with Gasteiger partial charge in [-0.15, -0.1) is 11.3 Å². The molecule has 0 saturated carbocycles. The van der Waals surface area contributed by atoms with Crippen molar-refractivity contribution in [3.63, 3.8) is 0 Å². The Morgan fingerprint density at radius 2 is 2.05 bits per heavy atom. The molecule has 0 radical (unpaired) electrons. The number of fused-ring (bicyclic) bond motifs is 1. The lowest BCUT2D eigenvalue weighted by Gasteiger charge is -2.10. The number of nitrogens with two attached hydrogens (primary N) is 1. The van der Waals surface area contributed by atoms with Crippen molar-refractivity contribution in [1.82, 2.24) is 4.98 Å². The Morgan fingerprint density at radius 3 is 2.76 bits per heavy atom. The van der Waals surface area contributed by atoms with Gasteiger partial charge in [0.1, 0.15) is 0 Å². The number of sulfonamides is 1. The van der Waals surface area contributed by atoms with Crippen molar-refractivity contribution in [3.8, 4) is 0 Å². The highest BCUT2D eigenvalue weighted by atomic mass is 79.9. The molecule has 0 atom stereocenters. The van der Waals surface area contributed by atoms with Crippen LogP contribution in [0, 0.1) is 0 Å². The van der Waals surface area contributed by atoms with Crippen LogP contribution in [0.3, 0.4) is 0 Å². The second-order valence-electron chi connectivity index (χ2n) is 4.26. The Bertz CT molecular complexity index is 922. The molecule has 3 N–H and O–H groups in total. The molecule has 2 heterocycles. The number of benzene rings is 1. The first-order valence-electron chi connectivity index (χ1n) is 5.88. The summed E-state index contributed by atoms with van der Waals surface area (Å²) in [6.07, 6.45) is 1.62. The van der Waals surface area contributed by atoms with Crippen molar-refractivity contribution in [1.29, 1.82) is 0 Å². The zero-order valence-corrected chi connectivity index (χ0v) is 13.8. The molecule has 0 bridgehead atoms. The highest BCUT2D eigenvalue weighted by molar-refractivity contribution is 9.10. The molecule has 0 aliphatic heterocycles. The first-order chi connectivity index (χ1) is 9.99. The molecule has 2 aromatic heterocycles. The third kappa shape index (κ3) is 2.61. The first kappa shape index (κ1) is 14.3. The monoisotopic (exact) mass is 383 g/mol. The maximum absolute atomic E-state index is 12.4. The molecule has 1 aromatic carbocycles. The molecule has 0 unspecified atom stereocenters. The van der Waals surface area contributed by atoms with E-state index in [-0.39, 0.29) is 4.21 Å². The molecule has 5 nitrogen and oxygen atoms in total. The number of nitrogens with one attached hydrogen (secondary N) is 1. The molecule has 0 saturated heterocycles. The molecule has 21 heavy (non-hydrogen) atoms. The number of rotatable bonds is 3. The van der Waals surface area contributed by atoms with Gasteiger partial charge < -0.3 is 5.73 Å². The summed E-state index contributed by atoms with van der Waals surface area (Å²) in [5.74, 6) is 0. The summed E-state index contributed by atoms with van der Waals surface area (Å²) in [5.41, 5.74) is 7.39. The van der Waals surface area contributed by atoms with Crippen LogP contribution < -0.4 is 10.5 Å². The van der Waals surface area contributed by atoms with E-state index in [9.17, 15) is 8.42 Å². The second-order valence-corrected chi connectivity index (χ2v) is 7.91. The van der Waals surface area contributed by atoms with Gasteiger partial charge in [-0.25, -0.2) is 8.42 Å². The Hall–Kier alpha value is -1.64. The van der Waals surface area contributed by atoms with Crippen molar-refractivity contribution in [2.75, 3.05) is 10.5 Å². The van der Waals surface area contributed by atoms with Gasteiger partial charge in [-0.05, 0) is 51.6 Å². The molecule has 0 aliphatic carbocycles. The molecule has 8 heteroatoms. The number of thiophene rings is 1. The van der Waals surface area contributed by atoms with Gasteiger partial charge in [0, 0.05) is 16.1 Å². The van der Waals surface area contributed by atoms with Crippen LogP contribution in [-0.4, -0.2) is 13.4 Å². The first-order valence-corrected chi connectivity index (χ1v) is 9.03. The summed E-state index contributed by atoms with van der Waals surface area (Å²) in [4.78, 5) is 4.19. The van der Waals surface area contributed by atoms with Gasteiger partial charge in [0.15, 0.2) is 4.21 Å². The third-order valence-corrected chi connectivity index (χ3v) is 6.91. The van der Waals surface area contributed by atoms with Gasteiger partial charge in [0.05, 0.1) is 16.9 Å². The van der Waals surface area contributed by atoms with Crippen LogP contribution in [-0.2, 0) is 10.0 Å². The van der Waals surface area contributed by atoms with E-state index in [1.54, 1.807) is 41.9 Å². The van der Waals surface area contributed by atoms with Crippen molar-refractivity contribution in [3.05, 3.63) is 46.4 Å². The Balaban J connectivity index is 2.11. The number of pyridine rings is 1. The van der Waals surface area contributed by atoms with E-state index in [1.807, 2.05) is 0 Å². The smallest absolute Gasteiger partial charge is 0.272 e. The van der Waals surface area contributed by atoms with E-state index in [4.69, 9.17) is 5.73 Å². The third-order valence-electron chi connectivity index (χ3n) is 2.87. The van der Waals surface area contributed by atoms with E-state index >= 15 is 0 Å². The number of hydrogen-bond donors (Lipinski definition) is 2. The summed E-state index contributed by atoms with van der Waals surface area (Å²) in [6, 6.07) is 8.48. The van der Waals surface area contributed by atoms with Gasteiger partial charge in [0.25, 0.3) is 10.0 Å². The van der Waals surface area contributed by atoms with Crippen LogP contribution in [0.4, 0.5) is 11.4 Å². The van der Waals surface area contributed by atoms with Crippen molar-refractivity contribution >= 4 is 59.6 Å². The summed E-state index contributed by atoms with van der Waals surface area (Å²) < 4.78 is 28.2. The molecule has 0 spiro atoms. The molecular formula is C13H10BrN3O2S2. The molecular weight excluding hydrogens is 374 g/mol. The lowest BCUT2D eigenvalue weighted by atomic mass is 10.1. The van der Waals surface area contributed by atoms with Crippen LogP contribution in [0.15, 0.2) is 50.6 Å². The SMILES string of the molecule is Nc1ccc(NS(=O)(=O)c2sccc2Br)c2cccnc12. The number of anilines is 2. The van der Waals surface area contributed by atoms with Crippen LogP contribution in [0.5, 0.6) is 0 Å². The standard InChI is InChI=1S/C13H10BrN3O2S2/c14-9-5-7-20-13(9)21(18,19)17-11-4-3-10(15)12-8(11)2-1-6-16-12/h1-7,17H,15H2. The fraction of sp³-hybridized carbons (Fsp3) is 0. The Morgan fingerprint density at radius 1 is 1.24 bits per heavy atom. The lowest BCUT2D eigenvalue weighted by molar-refractivity contribution is 0.603. The molecule has 3 rings (SSSR count). The Kier molecular flexibility index (Phi) is 3.60. The van der Waals surface area contributed by atoms with E-state index in [0.717, 1.165) is 11.3 Å². The van der Waals surface area contributed by atoms with Gasteiger partial charge in [0.2, 0.25) is 0 Å². The normalized spacial score (nSPS) is 11.7. The topological polar surface area (TPSA) is 85.1 Å².